The maximum atomic E-state index is 14.0. The van der Waals surface area contributed by atoms with Crippen LogP contribution in [0.4, 0.5) is 15.3 Å². The molecule has 1 fully saturated rings. The Morgan fingerprint density at radius 3 is 2.28 bits per heavy atom. The van der Waals surface area contributed by atoms with E-state index in [1.165, 1.54) is 7.11 Å². The van der Waals surface area contributed by atoms with Crippen LogP contribution in [-0.2, 0) is 14.3 Å². The zero-order valence-electron chi connectivity index (χ0n) is 24.2. The van der Waals surface area contributed by atoms with Crippen LogP contribution in [-0.4, -0.2) is 73.8 Å². The Kier molecular flexibility index (Phi) is 10.9. The summed E-state index contributed by atoms with van der Waals surface area (Å²) < 4.78 is 4.85. The molecular weight excluding hydrogens is 498 g/mol. The fourth-order valence-electron chi connectivity index (χ4n) is 4.99. The van der Waals surface area contributed by atoms with Gasteiger partial charge in [0.05, 0.1) is 26.7 Å². The molecule has 1 aliphatic heterocycles. The van der Waals surface area contributed by atoms with E-state index in [4.69, 9.17) is 11.2 Å². The van der Waals surface area contributed by atoms with Crippen LogP contribution in [0.15, 0.2) is 30.3 Å². The van der Waals surface area contributed by atoms with Crippen LogP contribution in [0.3, 0.4) is 0 Å². The highest BCUT2D eigenvalue weighted by Gasteiger charge is 2.57. The number of rotatable bonds is 9. The van der Waals surface area contributed by atoms with Gasteiger partial charge in [-0.25, -0.2) is 23.7 Å². The van der Waals surface area contributed by atoms with E-state index in [1.807, 2.05) is 52.8 Å². The van der Waals surface area contributed by atoms with Crippen molar-refractivity contribution in [2.45, 2.75) is 65.6 Å². The van der Waals surface area contributed by atoms with Gasteiger partial charge in [0.2, 0.25) is 0 Å². The van der Waals surface area contributed by atoms with Gasteiger partial charge in [0.25, 0.3) is 0 Å². The minimum atomic E-state index is -0.901. The largest absolute Gasteiger partial charge is 0.465 e. The second-order valence-electron chi connectivity index (χ2n) is 11.7. The molecular formula is C29H44N5O5+. The van der Waals surface area contributed by atoms with Crippen LogP contribution in [0.2, 0.25) is 0 Å². The average Bonchev–Trinajstić information content (AvgIpc) is 3.21. The first-order valence-corrected chi connectivity index (χ1v) is 13.3. The van der Waals surface area contributed by atoms with Gasteiger partial charge in [0.15, 0.2) is 12.1 Å². The standard InChI is InChI=1S/C29H43N5O5/c1-9-13-20-16-17-34(7,23(20)26(36)39-8)25(35)24(29(4,5)6)33-28(38)32-22(19(2)3)18-30-27(37)31-21-14-11-10-12-15-21/h1,10-12,14-15,19-20,22-24H,13,16-18H2,2-8H3,(H3-,30,31,32,33,37,38)/p+1/t20-,22?,23-,24+,34?/m0/s1. The van der Waals surface area contributed by atoms with Crippen LogP contribution in [0.1, 0.15) is 47.5 Å². The van der Waals surface area contributed by atoms with Crippen LogP contribution < -0.4 is 21.3 Å². The lowest BCUT2D eigenvalue weighted by Gasteiger charge is -2.39. The van der Waals surface area contributed by atoms with Gasteiger partial charge in [0, 0.05) is 31.0 Å². The maximum absolute atomic E-state index is 14.0. The molecule has 2 rings (SSSR count). The minimum Gasteiger partial charge on any atom is -0.465 e. The fourth-order valence-corrected chi connectivity index (χ4v) is 4.99. The summed E-state index contributed by atoms with van der Waals surface area (Å²) in [6.07, 6.45) is 6.49. The Hall–Kier alpha value is -3.58. The topological polar surface area (TPSA) is 126 Å². The number of para-hydroxylation sites is 1. The number of hydrogen-bond acceptors (Lipinski definition) is 5. The third-order valence-corrected chi connectivity index (χ3v) is 7.37. The predicted molar refractivity (Wildman–Crippen MR) is 150 cm³/mol. The molecule has 1 aromatic rings. The van der Waals surface area contributed by atoms with Crippen LogP contribution in [0, 0.1) is 29.6 Å². The highest BCUT2D eigenvalue weighted by atomic mass is 16.5. The van der Waals surface area contributed by atoms with E-state index >= 15 is 0 Å². The summed E-state index contributed by atoms with van der Waals surface area (Å²) in [6.45, 7) is 10.0. The summed E-state index contributed by atoms with van der Waals surface area (Å²) in [5, 5.41) is 11.3. The molecule has 5 amide bonds. The van der Waals surface area contributed by atoms with E-state index in [2.05, 4.69) is 27.2 Å². The number of likely N-dealkylation sites (N-methyl/N-ethyl adjacent to an activating group) is 1. The lowest BCUT2D eigenvalue weighted by atomic mass is 9.84. The predicted octanol–water partition coefficient (Wildman–Crippen LogP) is 3.10. The Balaban J connectivity index is 2.14. The molecule has 10 heteroatoms. The van der Waals surface area contributed by atoms with Gasteiger partial charge >= 0.3 is 23.9 Å². The van der Waals surface area contributed by atoms with Crippen molar-refractivity contribution in [2.24, 2.45) is 17.3 Å². The molecule has 1 heterocycles. The van der Waals surface area contributed by atoms with Crippen molar-refractivity contribution in [3.63, 3.8) is 0 Å². The smallest absolute Gasteiger partial charge is 0.365 e. The number of benzene rings is 1. The quantitative estimate of drug-likeness (QED) is 0.217. The Labute approximate surface area is 232 Å². The molecule has 5 atom stereocenters. The summed E-state index contributed by atoms with van der Waals surface area (Å²) in [6, 6.07) is 6.07. The van der Waals surface area contributed by atoms with Gasteiger partial charge in [-0.2, -0.15) is 0 Å². The molecule has 1 saturated heterocycles. The van der Waals surface area contributed by atoms with Gasteiger partial charge in [0.1, 0.15) is 0 Å². The monoisotopic (exact) mass is 542 g/mol. The maximum Gasteiger partial charge on any atom is 0.365 e. The first-order valence-electron chi connectivity index (χ1n) is 13.3. The van der Waals surface area contributed by atoms with Gasteiger partial charge in [-0.05, 0) is 23.5 Å². The highest BCUT2D eigenvalue weighted by Crippen LogP contribution is 2.36. The lowest BCUT2D eigenvalue weighted by Crippen LogP contribution is -2.67. The zero-order chi connectivity index (χ0) is 29.4. The van der Waals surface area contributed by atoms with Crippen molar-refractivity contribution in [1.82, 2.24) is 16.0 Å². The van der Waals surface area contributed by atoms with Crippen molar-refractivity contribution < 1.29 is 28.4 Å². The molecule has 0 bridgehead atoms. The van der Waals surface area contributed by atoms with Gasteiger partial charge < -0.3 is 26.0 Å². The number of nitrogens with one attached hydrogen (secondary N) is 4. The molecule has 2 unspecified atom stereocenters. The van der Waals surface area contributed by atoms with Crippen molar-refractivity contribution in [2.75, 3.05) is 32.6 Å². The minimum absolute atomic E-state index is 0.00656. The van der Waals surface area contributed by atoms with E-state index < -0.39 is 41.6 Å². The SMILES string of the molecule is C#CC[C@H]1CC[N+](C)(C(=O)[C@@H](NC(=O)NC(CNC(=O)Nc2ccccc2)C(C)C)C(C)(C)C)[C@@H]1C(=O)OC. The van der Waals surface area contributed by atoms with Crippen LogP contribution in [0.5, 0.6) is 0 Å². The summed E-state index contributed by atoms with van der Waals surface area (Å²) in [4.78, 5) is 52.3. The fraction of sp³-hybridized carbons (Fsp3) is 0.586. The molecule has 0 spiro atoms. The number of amides is 5. The van der Waals surface area contributed by atoms with Crippen molar-refractivity contribution >= 4 is 29.6 Å². The molecule has 0 aliphatic carbocycles. The summed E-state index contributed by atoms with van der Waals surface area (Å²) in [5.74, 6) is 1.64. The Morgan fingerprint density at radius 2 is 1.74 bits per heavy atom. The van der Waals surface area contributed by atoms with Gasteiger partial charge in [-0.3, -0.25) is 0 Å². The number of terminal acetylenes is 1. The number of hydrogen-bond donors (Lipinski definition) is 4. The third-order valence-electron chi connectivity index (χ3n) is 7.37. The van der Waals surface area contributed by atoms with Crippen LogP contribution in [0.25, 0.3) is 0 Å². The van der Waals surface area contributed by atoms with Crippen molar-refractivity contribution in [1.29, 1.82) is 0 Å². The summed E-state index contributed by atoms with van der Waals surface area (Å²) >= 11 is 0. The molecule has 39 heavy (non-hydrogen) atoms. The number of carbonyl (C=O) groups excluding carboxylic acids is 4. The average molecular weight is 543 g/mol. The molecule has 4 N–H and O–H groups in total. The number of esters is 1. The molecule has 0 aromatic heterocycles. The Morgan fingerprint density at radius 1 is 1.10 bits per heavy atom. The molecule has 10 nitrogen and oxygen atoms in total. The van der Waals surface area contributed by atoms with E-state index in [0.29, 0.717) is 25.1 Å². The van der Waals surface area contributed by atoms with E-state index in [9.17, 15) is 19.2 Å². The number of quaternary nitrogens is 1. The lowest BCUT2D eigenvalue weighted by molar-refractivity contribution is -0.841. The number of likely N-dealkylation sites (tertiary alicyclic amines) is 1. The number of urea groups is 2. The molecule has 214 valence electrons. The van der Waals surface area contributed by atoms with Gasteiger partial charge in [-0.15, -0.1) is 12.3 Å². The number of anilines is 1. The first kappa shape index (κ1) is 31.6. The number of nitrogens with zero attached hydrogens (tertiary/aromatic N) is 1. The number of ether oxygens (including phenoxy) is 1. The second kappa shape index (κ2) is 13.5. The molecule has 0 radical (unpaired) electrons. The van der Waals surface area contributed by atoms with E-state index in [-0.39, 0.29) is 28.8 Å². The second-order valence-corrected chi connectivity index (χ2v) is 11.7. The Bertz CT molecular complexity index is 1060. The molecule has 0 saturated carbocycles. The van der Waals surface area contributed by atoms with Gasteiger partial charge in [-0.1, -0.05) is 52.8 Å². The normalized spacial score (nSPS) is 22.2. The first-order chi connectivity index (χ1) is 18.2. The summed E-state index contributed by atoms with van der Waals surface area (Å²) in [7, 11) is 3.01. The highest BCUT2D eigenvalue weighted by molar-refractivity contribution is 5.89. The van der Waals surface area contributed by atoms with E-state index in [0.717, 1.165) is 0 Å². The van der Waals surface area contributed by atoms with E-state index in [1.54, 1.807) is 19.2 Å². The number of methoxy groups -OCH3 is 1. The molecule has 1 aromatic carbocycles. The summed E-state index contributed by atoms with van der Waals surface area (Å²) in [5.41, 5.74) is 0.00318. The van der Waals surface area contributed by atoms with Crippen molar-refractivity contribution in [3.8, 4) is 12.3 Å². The third kappa shape index (κ3) is 8.20. The van der Waals surface area contributed by atoms with Crippen LogP contribution >= 0.6 is 0 Å². The van der Waals surface area contributed by atoms with Crippen molar-refractivity contribution in [3.05, 3.63) is 30.3 Å². The number of carbonyl (C=O) groups is 4. The molecule has 1 aliphatic rings. The zero-order valence-corrected chi connectivity index (χ0v) is 24.2.